The van der Waals surface area contributed by atoms with Gasteiger partial charge in [-0.3, -0.25) is 9.69 Å². The lowest BCUT2D eigenvalue weighted by molar-refractivity contribution is -0.130. The summed E-state index contributed by atoms with van der Waals surface area (Å²) in [5.41, 5.74) is 0.957. The molecule has 0 aromatic heterocycles. The molecule has 0 radical (unpaired) electrons. The first kappa shape index (κ1) is 19.3. The lowest BCUT2D eigenvalue weighted by Gasteiger charge is -2.39. The summed E-state index contributed by atoms with van der Waals surface area (Å²) in [6.07, 6.45) is 3.40. The zero-order valence-electron chi connectivity index (χ0n) is 16.1. The van der Waals surface area contributed by atoms with E-state index < -0.39 is 0 Å². The van der Waals surface area contributed by atoms with Crippen molar-refractivity contribution in [2.75, 3.05) is 19.7 Å². The van der Waals surface area contributed by atoms with Crippen LogP contribution in [0.2, 0.25) is 0 Å². The number of hydrogen-bond donors (Lipinski definition) is 1. The van der Waals surface area contributed by atoms with E-state index in [0.29, 0.717) is 25.0 Å². The molecule has 1 aromatic carbocycles. The molecule has 0 spiro atoms. The average Bonchev–Trinajstić information content (AvgIpc) is 2.65. The largest absolute Gasteiger partial charge is 0.371 e. The van der Waals surface area contributed by atoms with Gasteiger partial charge in [0.15, 0.2) is 0 Å². The summed E-state index contributed by atoms with van der Waals surface area (Å²) in [6, 6.07) is 6.53. The molecule has 1 saturated carbocycles. The van der Waals surface area contributed by atoms with Gasteiger partial charge in [0, 0.05) is 19.1 Å². The van der Waals surface area contributed by atoms with Crippen LogP contribution in [0.25, 0.3) is 0 Å². The predicted molar refractivity (Wildman–Crippen MR) is 100 cm³/mol. The van der Waals surface area contributed by atoms with Crippen molar-refractivity contribution in [2.45, 2.75) is 58.2 Å². The van der Waals surface area contributed by atoms with Crippen LogP contribution in [-0.4, -0.2) is 42.6 Å². The van der Waals surface area contributed by atoms with Crippen LogP contribution < -0.4 is 5.32 Å². The molecule has 2 fully saturated rings. The molecule has 1 N–H and O–H groups in total. The Balaban J connectivity index is 1.58. The zero-order chi connectivity index (χ0) is 18.7. The van der Waals surface area contributed by atoms with E-state index in [1.165, 1.54) is 25.0 Å². The molecule has 5 atom stereocenters. The number of morpholine rings is 1. The van der Waals surface area contributed by atoms with Crippen molar-refractivity contribution in [3.8, 4) is 0 Å². The summed E-state index contributed by atoms with van der Waals surface area (Å²) < 4.78 is 19.0. The molecule has 1 heterocycles. The molecule has 1 aliphatic carbocycles. The summed E-state index contributed by atoms with van der Waals surface area (Å²) in [7, 11) is 0. The number of benzene rings is 1. The Labute approximate surface area is 156 Å². The van der Waals surface area contributed by atoms with E-state index >= 15 is 0 Å². The fourth-order valence-electron chi connectivity index (χ4n) is 4.15. The van der Waals surface area contributed by atoms with Gasteiger partial charge in [0.05, 0.1) is 18.8 Å². The van der Waals surface area contributed by atoms with Gasteiger partial charge in [-0.1, -0.05) is 38.8 Å². The average molecular weight is 362 g/mol. The number of hydrogen-bond acceptors (Lipinski definition) is 3. The van der Waals surface area contributed by atoms with Gasteiger partial charge in [0.2, 0.25) is 5.91 Å². The maximum atomic E-state index is 13.1. The monoisotopic (exact) mass is 362 g/mol. The minimum atomic E-state index is -0.245. The van der Waals surface area contributed by atoms with Gasteiger partial charge in [-0.2, -0.15) is 0 Å². The number of ether oxygens (including phenoxy) is 1. The first-order valence-corrected chi connectivity index (χ1v) is 9.87. The lowest BCUT2D eigenvalue weighted by Crippen LogP contribution is -2.54. The van der Waals surface area contributed by atoms with Crippen LogP contribution in [0.1, 0.15) is 51.7 Å². The van der Waals surface area contributed by atoms with Crippen molar-refractivity contribution in [1.29, 1.82) is 0 Å². The molecule has 5 heteroatoms. The fraction of sp³-hybridized carbons (Fsp3) is 0.667. The minimum absolute atomic E-state index is 0.107. The predicted octanol–water partition coefficient (Wildman–Crippen LogP) is 3.53. The first-order valence-electron chi connectivity index (χ1n) is 9.87. The van der Waals surface area contributed by atoms with E-state index in [-0.39, 0.29) is 29.9 Å². The molecule has 3 rings (SSSR count). The molecule has 1 saturated heterocycles. The Morgan fingerprint density at radius 2 is 2.00 bits per heavy atom. The van der Waals surface area contributed by atoms with E-state index in [0.717, 1.165) is 18.5 Å². The van der Waals surface area contributed by atoms with Crippen LogP contribution in [0, 0.1) is 17.7 Å². The highest BCUT2D eigenvalue weighted by molar-refractivity contribution is 5.81. The number of nitrogens with zero attached hydrogens (tertiary/aromatic N) is 1. The summed E-state index contributed by atoms with van der Waals surface area (Å²) in [4.78, 5) is 15.0. The summed E-state index contributed by atoms with van der Waals surface area (Å²) in [6.45, 7) is 8.47. The van der Waals surface area contributed by atoms with Crippen LogP contribution in [0.4, 0.5) is 4.39 Å². The fourth-order valence-corrected chi connectivity index (χ4v) is 4.15. The summed E-state index contributed by atoms with van der Waals surface area (Å²) >= 11 is 0. The van der Waals surface area contributed by atoms with Crippen molar-refractivity contribution in [2.24, 2.45) is 11.8 Å². The third-order valence-corrected chi connectivity index (χ3v) is 6.30. The topological polar surface area (TPSA) is 41.6 Å². The van der Waals surface area contributed by atoms with Crippen molar-refractivity contribution >= 4 is 5.91 Å². The highest BCUT2D eigenvalue weighted by Gasteiger charge is 2.32. The highest BCUT2D eigenvalue weighted by atomic mass is 19.1. The van der Waals surface area contributed by atoms with E-state index in [2.05, 4.69) is 24.1 Å². The minimum Gasteiger partial charge on any atom is -0.371 e. The number of halogens is 1. The van der Waals surface area contributed by atoms with Crippen LogP contribution in [-0.2, 0) is 9.53 Å². The standard InChI is InChI=1S/C21H31FN2O2/c1-14-5-4-6-19(15(14)2)23-21(25)16(3)24-11-12-26-20(13-24)17-7-9-18(22)10-8-17/h7-10,14-16,19-20H,4-6,11-13H2,1-3H3,(H,23,25)/t14-,15+,16+,19+,20-/m1/s1. The SMILES string of the molecule is C[C@H]1[C@H](C)CCC[C@@H]1NC(=O)[C@H](C)N1CCO[C@@H](c2ccc(F)cc2)C1. The maximum Gasteiger partial charge on any atom is 0.237 e. The Kier molecular flexibility index (Phi) is 6.30. The number of nitrogens with one attached hydrogen (secondary N) is 1. The normalized spacial score (nSPS) is 31.4. The van der Waals surface area contributed by atoms with Gasteiger partial charge in [-0.25, -0.2) is 4.39 Å². The quantitative estimate of drug-likeness (QED) is 0.891. The third-order valence-electron chi connectivity index (χ3n) is 6.30. The Morgan fingerprint density at radius 1 is 1.27 bits per heavy atom. The Hall–Kier alpha value is -1.46. The second-order valence-electron chi connectivity index (χ2n) is 7.96. The molecule has 26 heavy (non-hydrogen) atoms. The molecular weight excluding hydrogens is 331 g/mol. The summed E-state index contributed by atoms with van der Waals surface area (Å²) in [5, 5.41) is 3.29. The van der Waals surface area contributed by atoms with Gasteiger partial charge in [0.25, 0.3) is 0 Å². The van der Waals surface area contributed by atoms with E-state index in [1.807, 2.05) is 6.92 Å². The number of carbonyl (C=O) groups excluding carboxylic acids is 1. The third kappa shape index (κ3) is 4.44. The van der Waals surface area contributed by atoms with Gasteiger partial charge in [0.1, 0.15) is 5.82 Å². The van der Waals surface area contributed by atoms with Gasteiger partial charge < -0.3 is 10.1 Å². The van der Waals surface area contributed by atoms with E-state index in [9.17, 15) is 9.18 Å². The molecular formula is C21H31FN2O2. The van der Waals surface area contributed by atoms with Crippen LogP contribution >= 0.6 is 0 Å². The molecule has 1 amide bonds. The van der Waals surface area contributed by atoms with E-state index in [1.54, 1.807) is 12.1 Å². The van der Waals surface area contributed by atoms with Crippen molar-refractivity contribution in [1.82, 2.24) is 10.2 Å². The van der Waals surface area contributed by atoms with Gasteiger partial charge in [-0.05, 0) is 42.9 Å². The van der Waals surface area contributed by atoms with Crippen LogP contribution in [0.15, 0.2) is 24.3 Å². The molecule has 1 aliphatic heterocycles. The van der Waals surface area contributed by atoms with E-state index in [4.69, 9.17) is 4.74 Å². The van der Waals surface area contributed by atoms with Gasteiger partial charge in [-0.15, -0.1) is 0 Å². The number of carbonyl (C=O) groups is 1. The number of rotatable bonds is 4. The molecule has 4 nitrogen and oxygen atoms in total. The second kappa shape index (κ2) is 8.49. The smallest absolute Gasteiger partial charge is 0.237 e. The maximum absolute atomic E-state index is 13.1. The highest BCUT2D eigenvalue weighted by Crippen LogP contribution is 2.30. The Morgan fingerprint density at radius 3 is 2.73 bits per heavy atom. The molecule has 144 valence electrons. The first-order chi connectivity index (χ1) is 12.5. The lowest BCUT2D eigenvalue weighted by atomic mass is 9.78. The van der Waals surface area contributed by atoms with Gasteiger partial charge >= 0.3 is 0 Å². The Bertz CT molecular complexity index is 607. The molecule has 0 bridgehead atoms. The second-order valence-corrected chi connectivity index (χ2v) is 7.96. The molecule has 0 unspecified atom stereocenters. The van der Waals surface area contributed by atoms with Crippen molar-refractivity contribution < 1.29 is 13.9 Å². The van der Waals surface area contributed by atoms with Crippen LogP contribution in [0.5, 0.6) is 0 Å². The van der Waals surface area contributed by atoms with Crippen LogP contribution in [0.3, 0.4) is 0 Å². The number of amides is 1. The zero-order valence-corrected chi connectivity index (χ0v) is 16.1. The molecule has 1 aromatic rings. The molecule has 2 aliphatic rings. The summed E-state index contributed by atoms with van der Waals surface area (Å²) in [5.74, 6) is 1.05. The van der Waals surface area contributed by atoms with Crippen molar-refractivity contribution in [3.63, 3.8) is 0 Å². The van der Waals surface area contributed by atoms with Crippen molar-refractivity contribution in [3.05, 3.63) is 35.6 Å².